The lowest BCUT2D eigenvalue weighted by atomic mass is 9.99. The van der Waals surface area contributed by atoms with Gasteiger partial charge in [0.25, 0.3) is 0 Å². The second kappa shape index (κ2) is 27.6. The van der Waals surface area contributed by atoms with Crippen LogP contribution in [0.1, 0.15) is 96.0 Å². The van der Waals surface area contributed by atoms with Crippen molar-refractivity contribution in [3.63, 3.8) is 0 Å². The van der Waals surface area contributed by atoms with Gasteiger partial charge in [-0.1, -0.05) is 91.0 Å². The first-order valence-electron chi connectivity index (χ1n) is 31.9. The van der Waals surface area contributed by atoms with E-state index in [-0.39, 0.29) is 0 Å². The van der Waals surface area contributed by atoms with E-state index in [1.807, 2.05) is 91.2 Å². The zero-order valence-electron chi connectivity index (χ0n) is 59.6. The second-order valence-electron chi connectivity index (χ2n) is 21.3. The molecule has 5 aromatic carbocycles. The standard InChI is InChI=1S/5C15H18N/c1-11-8-9-14(16(4)10-11)15-12(2)6-5-7-13(15)3;2*1-11-9-13(3)15(16(4)10-11)14-8-6-5-7-12(14)2;2*1-11-9-10-15(16(4)13(11)3)14-8-6-5-7-12(14)2/h5*5-10H,1-4H3/q5*+1/i2*1D3;;1D3;. The van der Waals surface area contributed by atoms with Gasteiger partial charge in [0.05, 0.1) is 5.56 Å². The number of hydrogen-bond acceptors (Lipinski definition) is 0. The van der Waals surface area contributed by atoms with Crippen molar-refractivity contribution in [2.45, 2.75) is 104 Å². The summed E-state index contributed by atoms with van der Waals surface area (Å²) in [4.78, 5) is 0. The third-order valence-electron chi connectivity index (χ3n) is 15.1. The fourth-order valence-electron chi connectivity index (χ4n) is 10.5. The highest BCUT2D eigenvalue weighted by molar-refractivity contribution is 5.67. The van der Waals surface area contributed by atoms with Gasteiger partial charge in [-0.3, -0.25) is 0 Å². The molecule has 410 valence electrons. The van der Waals surface area contributed by atoms with Gasteiger partial charge in [0.2, 0.25) is 28.5 Å². The van der Waals surface area contributed by atoms with Crippen molar-refractivity contribution in [2.24, 2.45) is 35.2 Å². The molecule has 0 atom stereocenters. The van der Waals surface area contributed by atoms with E-state index in [2.05, 4.69) is 202 Å². The van der Waals surface area contributed by atoms with E-state index in [0.717, 1.165) is 39.5 Å². The van der Waals surface area contributed by atoms with Gasteiger partial charge in [-0.05, 0) is 178 Å². The van der Waals surface area contributed by atoms with E-state index in [1.165, 1.54) is 83.8 Å². The van der Waals surface area contributed by atoms with Crippen molar-refractivity contribution in [1.82, 2.24) is 0 Å². The summed E-state index contributed by atoms with van der Waals surface area (Å²) in [6.45, 7) is 18.8. The largest absolute Gasteiger partial charge is 0.215 e. The number of hydrogen-bond donors (Lipinski definition) is 0. The van der Waals surface area contributed by atoms with E-state index < -0.39 is 20.6 Å². The van der Waals surface area contributed by atoms with Crippen molar-refractivity contribution in [2.75, 3.05) is 0 Å². The van der Waals surface area contributed by atoms with Crippen molar-refractivity contribution in [1.29, 1.82) is 0 Å². The highest BCUT2D eigenvalue weighted by Gasteiger charge is 2.20. The molecule has 0 saturated carbocycles. The quantitative estimate of drug-likeness (QED) is 0.153. The maximum absolute atomic E-state index is 7.55. The minimum absolute atomic E-state index is 0.366. The molecule has 0 N–H and O–H groups in total. The van der Waals surface area contributed by atoms with Crippen LogP contribution in [-0.4, -0.2) is 0 Å². The maximum Gasteiger partial charge on any atom is 0.215 e. The Labute approximate surface area is 494 Å². The van der Waals surface area contributed by atoms with Gasteiger partial charge in [0.1, 0.15) is 35.2 Å². The molecule has 80 heavy (non-hydrogen) atoms. The molecule has 5 nitrogen and oxygen atoms in total. The molecule has 0 aliphatic heterocycles. The zero-order valence-corrected chi connectivity index (χ0v) is 50.6. The van der Waals surface area contributed by atoms with Gasteiger partial charge in [0, 0.05) is 106 Å². The molecule has 0 radical (unpaired) electrons. The van der Waals surface area contributed by atoms with Crippen LogP contribution in [0.3, 0.4) is 0 Å². The predicted octanol–water partition coefficient (Wildman–Crippen LogP) is 15.5. The van der Waals surface area contributed by atoms with Crippen molar-refractivity contribution in [3.05, 3.63) is 266 Å². The van der Waals surface area contributed by atoms with E-state index in [0.29, 0.717) is 16.7 Å². The van der Waals surface area contributed by atoms with Crippen molar-refractivity contribution < 1.29 is 35.2 Å². The SMILES string of the molecule is Cc1cc(C)c(-c2ccccc2C)[n+](C)c1.Cc1ccccc1-c1ccc(C)c(C)[n+]1C.[2H]C([2H])([2H])c1cc(C)c(-c2ccccc2C)[n+](C)c1.[2H]C([2H])([2H])c1ccc(-c2c(C)cccc2C)[n+](C)c1.[2H]C([2H])([2H])c1ccc(-c2ccccc2C)[n+](C)c1C. The van der Waals surface area contributed by atoms with Gasteiger partial charge in [-0.15, -0.1) is 0 Å². The van der Waals surface area contributed by atoms with E-state index in [4.69, 9.17) is 12.3 Å². The number of pyridine rings is 5. The minimum Gasteiger partial charge on any atom is -0.201 e. The Morgan fingerprint density at radius 1 is 0.275 bits per heavy atom. The summed E-state index contributed by atoms with van der Waals surface area (Å²) in [7, 11) is 9.93. The summed E-state index contributed by atoms with van der Waals surface area (Å²) in [5.74, 6) is 0. The molecule has 5 aromatic heterocycles. The fraction of sp³-hybridized carbons (Fsp3) is 0.267. The fourth-order valence-corrected chi connectivity index (χ4v) is 10.5. The van der Waals surface area contributed by atoms with Gasteiger partial charge in [-0.25, -0.2) is 13.7 Å². The molecule has 10 rings (SSSR count). The van der Waals surface area contributed by atoms with Gasteiger partial charge in [0.15, 0.2) is 30.0 Å². The van der Waals surface area contributed by atoms with Crippen LogP contribution in [-0.2, 0) is 35.2 Å². The maximum atomic E-state index is 7.55. The predicted molar refractivity (Wildman–Crippen MR) is 336 cm³/mol. The molecule has 0 bridgehead atoms. The topological polar surface area (TPSA) is 19.4 Å². The minimum atomic E-state index is -2.06. The normalized spacial score (nSPS) is 12.6. The molecule has 0 unspecified atom stereocenters. The van der Waals surface area contributed by atoms with Gasteiger partial charge < -0.3 is 0 Å². The molecule has 0 spiro atoms. The lowest BCUT2D eigenvalue weighted by Gasteiger charge is -2.07. The molecule has 0 aliphatic rings. The first-order valence-corrected chi connectivity index (χ1v) is 27.4. The Morgan fingerprint density at radius 3 is 1.05 bits per heavy atom. The number of rotatable bonds is 5. The van der Waals surface area contributed by atoms with E-state index in [9.17, 15) is 0 Å². The van der Waals surface area contributed by atoms with Crippen molar-refractivity contribution in [3.8, 4) is 56.3 Å². The highest BCUT2D eigenvalue weighted by atomic mass is 15.0. The summed E-state index contributed by atoms with van der Waals surface area (Å²) >= 11 is 0. The molecule has 0 fully saturated rings. The van der Waals surface area contributed by atoms with Crippen LogP contribution >= 0.6 is 0 Å². The first kappa shape index (κ1) is 48.9. The molecule has 0 aliphatic carbocycles. The molecule has 0 amide bonds. The number of aromatic nitrogens is 5. The van der Waals surface area contributed by atoms with Crippen LogP contribution in [0.15, 0.2) is 182 Å². The summed E-state index contributed by atoms with van der Waals surface area (Å²) < 4.78 is 77.7. The Kier molecular flexibility index (Phi) is 16.9. The number of nitrogens with zero attached hydrogens (tertiary/aromatic N) is 5. The third-order valence-corrected chi connectivity index (χ3v) is 15.1. The molecule has 5 heteroatoms. The average molecular weight is 1070 g/mol. The molecule has 10 aromatic rings. The first-order chi connectivity index (χ1) is 41.6. The summed E-state index contributed by atoms with van der Waals surface area (Å²) in [6, 6.07) is 55.0. The van der Waals surface area contributed by atoms with Crippen LogP contribution in [0.4, 0.5) is 0 Å². The molecular weight excluding hydrogens is 971 g/mol. The van der Waals surface area contributed by atoms with Crippen LogP contribution in [0.25, 0.3) is 56.3 Å². The lowest BCUT2D eigenvalue weighted by molar-refractivity contribution is -0.667. The second-order valence-corrected chi connectivity index (χ2v) is 21.3. The Bertz CT molecular complexity index is 4070. The summed E-state index contributed by atoms with van der Waals surface area (Å²) in [6.07, 6.45) is 5.56. The van der Waals surface area contributed by atoms with Crippen LogP contribution in [0.2, 0.25) is 0 Å². The Balaban J connectivity index is 0.000000178. The monoisotopic (exact) mass is 1070 g/mol. The van der Waals surface area contributed by atoms with Crippen LogP contribution < -0.4 is 22.8 Å². The molecule has 5 heterocycles. The lowest BCUT2D eigenvalue weighted by Crippen LogP contribution is -2.35. The summed E-state index contributed by atoms with van der Waals surface area (Å²) in [5.41, 5.74) is 27.4. The summed E-state index contributed by atoms with van der Waals surface area (Å²) in [5, 5.41) is 0. The van der Waals surface area contributed by atoms with Crippen molar-refractivity contribution >= 4 is 0 Å². The number of benzene rings is 5. The zero-order chi connectivity index (χ0) is 66.0. The average Bonchev–Trinajstić information content (AvgIpc) is 1.42. The van der Waals surface area contributed by atoms with Gasteiger partial charge >= 0.3 is 0 Å². The molecular formula is C75H90N5+5. The van der Waals surface area contributed by atoms with Crippen LogP contribution in [0.5, 0.6) is 0 Å². The van der Waals surface area contributed by atoms with Gasteiger partial charge in [-0.2, -0.15) is 9.13 Å². The smallest absolute Gasteiger partial charge is 0.201 e. The highest BCUT2D eigenvalue weighted by Crippen LogP contribution is 2.27. The number of aryl methyl sites for hydroxylation is 16. The third kappa shape index (κ3) is 14.9. The Morgan fingerprint density at radius 2 is 0.637 bits per heavy atom. The van der Waals surface area contributed by atoms with Crippen LogP contribution in [0, 0.1) is 104 Å². The Hall–Kier alpha value is -8.15. The molecule has 0 saturated heterocycles. The van der Waals surface area contributed by atoms with E-state index >= 15 is 0 Å². The van der Waals surface area contributed by atoms with E-state index in [1.54, 1.807) is 30.6 Å².